The Bertz CT molecular complexity index is 1410. The zero-order chi connectivity index (χ0) is 21.5. The second-order valence-corrected chi connectivity index (χ2v) is 7.66. The number of aromatic amines is 1. The number of piperidine rings is 1. The smallest absolute Gasteiger partial charge is 0.281 e. The Morgan fingerprint density at radius 1 is 1.19 bits per heavy atom. The second kappa shape index (κ2) is 7.42. The van der Waals surface area contributed by atoms with Crippen LogP contribution in [0.15, 0.2) is 40.1 Å². The minimum absolute atomic E-state index is 0.00994. The number of benzene rings is 1. The fraction of sp³-hybridized carbons (Fsp3) is 0.350. The summed E-state index contributed by atoms with van der Waals surface area (Å²) in [4.78, 5) is 46.1. The van der Waals surface area contributed by atoms with Gasteiger partial charge in [0.05, 0.1) is 17.6 Å². The Hall–Kier alpha value is -3.89. The lowest BCUT2D eigenvalue weighted by Gasteiger charge is -2.32. The van der Waals surface area contributed by atoms with E-state index in [1.54, 1.807) is 34.8 Å². The Morgan fingerprint density at radius 3 is 2.77 bits per heavy atom. The monoisotopic (exact) mass is 420 g/mol. The Balaban J connectivity index is 1.30. The lowest BCUT2D eigenvalue weighted by molar-refractivity contribution is -0.133. The minimum atomic E-state index is -0.310. The summed E-state index contributed by atoms with van der Waals surface area (Å²) >= 11 is 0. The van der Waals surface area contributed by atoms with Crippen LogP contribution in [0.2, 0.25) is 0 Å². The molecule has 0 radical (unpaired) electrons. The van der Waals surface area contributed by atoms with Gasteiger partial charge in [-0.3, -0.25) is 14.4 Å². The molecule has 1 aliphatic rings. The van der Waals surface area contributed by atoms with Gasteiger partial charge in [-0.15, -0.1) is 5.10 Å². The maximum Gasteiger partial charge on any atom is 0.281 e. The summed E-state index contributed by atoms with van der Waals surface area (Å²) in [5.41, 5.74) is 0.0839. The van der Waals surface area contributed by atoms with Crippen molar-refractivity contribution in [1.82, 2.24) is 39.6 Å². The number of rotatable bonds is 3. The Labute approximate surface area is 175 Å². The number of amides is 1. The third-order valence-electron chi connectivity index (χ3n) is 5.66. The highest BCUT2D eigenvalue weighted by Gasteiger charge is 2.27. The molecule has 4 aromatic rings. The van der Waals surface area contributed by atoms with Crippen LogP contribution in [0.1, 0.15) is 24.7 Å². The first kappa shape index (κ1) is 19.1. The molecule has 0 saturated carbocycles. The maximum absolute atomic E-state index is 12.8. The number of nitrogens with one attached hydrogen (secondary N) is 1. The van der Waals surface area contributed by atoms with E-state index in [9.17, 15) is 14.4 Å². The van der Waals surface area contributed by atoms with E-state index in [0.717, 1.165) is 5.39 Å². The molecule has 1 fully saturated rings. The van der Waals surface area contributed by atoms with Crippen LogP contribution in [0, 0.1) is 6.92 Å². The fourth-order valence-corrected chi connectivity index (χ4v) is 4.02. The summed E-state index contributed by atoms with van der Waals surface area (Å²) in [7, 11) is 0. The molecule has 1 amide bonds. The molecular weight excluding hydrogens is 400 g/mol. The minimum Gasteiger partial charge on any atom is -0.341 e. The van der Waals surface area contributed by atoms with E-state index in [-0.39, 0.29) is 35.1 Å². The Morgan fingerprint density at radius 2 is 1.97 bits per heavy atom. The largest absolute Gasteiger partial charge is 0.341 e. The quantitative estimate of drug-likeness (QED) is 0.507. The van der Waals surface area contributed by atoms with Gasteiger partial charge < -0.3 is 9.88 Å². The standard InChI is InChI=1S/C20H20N8O3/c1-12-22-18-17(19(30)23-12)24-25-28(18)14-6-8-26(9-7-14)16(29)11-27-20(31)15-5-3-2-4-13(15)10-21-27/h2-5,10,14H,6-9,11H2,1H3,(H,22,23,30). The lowest BCUT2D eigenvalue weighted by Crippen LogP contribution is -2.42. The maximum atomic E-state index is 12.8. The summed E-state index contributed by atoms with van der Waals surface area (Å²) < 4.78 is 2.88. The number of H-pyrrole nitrogens is 1. The first-order valence-corrected chi connectivity index (χ1v) is 10.1. The predicted octanol–water partition coefficient (Wildman–Crippen LogP) is 0.397. The van der Waals surface area contributed by atoms with Gasteiger partial charge in [-0.1, -0.05) is 23.4 Å². The van der Waals surface area contributed by atoms with E-state index in [1.807, 2.05) is 12.1 Å². The molecule has 0 unspecified atom stereocenters. The molecule has 1 saturated heterocycles. The molecule has 11 heteroatoms. The van der Waals surface area contributed by atoms with E-state index >= 15 is 0 Å². The average Bonchev–Trinajstić information content (AvgIpc) is 3.20. The van der Waals surface area contributed by atoms with Crippen LogP contribution in [-0.2, 0) is 11.3 Å². The summed E-state index contributed by atoms with van der Waals surface area (Å²) in [6.07, 6.45) is 2.90. The molecule has 3 aromatic heterocycles. The molecule has 4 heterocycles. The number of aryl methyl sites for hydroxylation is 1. The summed E-state index contributed by atoms with van der Waals surface area (Å²) in [6.45, 7) is 2.63. The average molecular weight is 420 g/mol. The molecule has 158 valence electrons. The van der Waals surface area contributed by atoms with Crippen LogP contribution in [0.25, 0.3) is 21.9 Å². The van der Waals surface area contributed by atoms with Crippen molar-refractivity contribution in [2.45, 2.75) is 32.4 Å². The summed E-state index contributed by atoms with van der Waals surface area (Å²) in [6, 6.07) is 7.17. The molecule has 1 aromatic carbocycles. The molecule has 0 aliphatic carbocycles. The zero-order valence-electron chi connectivity index (χ0n) is 16.9. The van der Waals surface area contributed by atoms with Gasteiger partial charge in [0.25, 0.3) is 11.1 Å². The van der Waals surface area contributed by atoms with Gasteiger partial charge in [0.15, 0.2) is 11.2 Å². The highest BCUT2D eigenvalue weighted by molar-refractivity contribution is 5.81. The van der Waals surface area contributed by atoms with Gasteiger partial charge in [-0.05, 0) is 25.8 Å². The van der Waals surface area contributed by atoms with E-state index in [2.05, 4.69) is 25.4 Å². The molecule has 1 N–H and O–H groups in total. The van der Waals surface area contributed by atoms with Crippen LogP contribution in [0.5, 0.6) is 0 Å². The molecule has 1 aliphatic heterocycles. The van der Waals surface area contributed by atoms with Crippen LogP contribution in [-0.4, -0.2) is 58.6 Å². The second-order valence-electron chi connectivity index (χ2n) is 7.66. The summed E-state index contributed by atoms with van der Waals surface area (Å²) in [5.74, 6) is 0.346. The molecule has 0 atom stereocenters. The third kappa shape index (κ3) is 3.37. The first-order chi connectivity index (χ1) is 15.0. The van der Waals surface area contributed by atoms with Crippen LogP contribution >= 0.6 is 0 Å². The number of carbonyl (C=O) groups is 1. The molecule has 31 heavy (non-hydrogen) atoms. The topological polar surface area (TPSA) is 132 Å². The van der Waals surface area contributed by atoms with Crippen LogP contribution in [0.3, 0.4) is 0 Å². The van der Waals surface area contributed by atoms with E-state index in [1.165, 1.54) is 4.68 Å². The van der Waals surface area contributed by atoms with E-state index < -0.39 is 0 Å². The van der Waals surface area contributed by atoms with Crippen molar-refractivity contribution in [3.8, 4) is 0 Å². The predicted molar refractivity (Wildman–Crippen MR) is 112 cm³/mol. The number of hydrogen-bond donors (Lipinski definition) is 1. The van der Waals surface area contributed by atoms with Crippen LogP contribution in [0.4, 0.5) is 0 Å². The molecule has 11 nitrogen and oxygen atoms in total. The highest BCUT2D eigenvalue weighted by atomic mass is 16.2. The van der Waals surface area contributed by atoms with Crippen molar-refractivity contribution >= 4 is 27.8 Å². The van der Waals surface area contributed by atoms with Gasteiger partial charge in [-0.25, -0.2) is 14.3 Å². The third-order valence-corrected chi connectivity index (χ3v) is 5.66. The van der Waals surface area contributed by atoms with Crippen molar-refractivity contribution < 1.29 is 4.79 Å². The van der Waals surface area contributed by atoms with Gasteiger partial charge in [0, 0.05) is 18.5 Å². The van der Waals surface area contributed by atoms with Crippen molar-refractivity contribution in [2.75, 3.05) is 13.1 Å². The number of likely N-dealkylation sites (tertiary alicyclic amines) is 1. The molecule has 0 spiro atoms. The van der Waals surface area contributed by atoms with Gasteiger partial charge in [-0.2, -0.15) is 5.10 Å². The fourth-order valence-electron chi connectivity index (χ4n) is 4.02. The Kier molecular flexibility index (Phi) is 4.57. The van der Waals surface area contributed by atoms with Crippen LogP contribution < -0.4 is 11.1 Å². The van der Waals surface area contributed by atoms with Gasteiger partial charge in [0.2, 0.25) is 5.91 Å². The van der Waals surface area contributed by atoms with Crippen molar-refractivity contribution in [3.63, 3.8) is 0 Å². The summed E-state index contributed by atoms with van der Waals surface area (Å²) in [5, 5.41) is 13.5. The van der Waals surface area contributed by atoms with Gasteiger partial charge >= 0.3 is 0 Å². The molecule has 5 rings (SSSR count). The zero-order valence-corrected chi connectivity index (χ0v) is 16.9. The van der Waals surface area contributed by atoms with Crippen molar-refractivity contribution in [1.29, 1.82) is 0 Å². The number of aromatic nitrogens is 7. The lowest BCUT2D eigenvalue weighted by atomic mass is 10.1. The SMILES string of the molecule is Cc1nc2c(nnn2C2CCN(C(=O)Cn3ncc4ccccc4c3=O)CC2)c(=O)[nH]1. The number of carbonyl (C=O) groups excluding carboxylic acids is 1. The van der Waals surface area contributed by atoms with Crippen molar-refractivity contribution in [2.24, 2.45) is 0 Å². The molecule has 0 bridgehead atoms. The highest BCUT2D eigenvalue weighted by Crippen LogP contribution is 2.24. The number of fused-ring (bicyclic) bond motifs is 2. The molecular formula is C20H20N8O3. The number of nitrogens with zero attached hydrogens (tertiary/aromatic N) is 7. The normalized spacial score (nSPS) is 15.1. The van der Waals surface area contributed by atoms with E-state index in [4.69, 9.17) is 0 Å². The van der Waals surface area contributed by atoms with Gasteiger partial charge in [0.1, 0.15) is 12.4 Å². The van der Waals surface area contributed by atoms with E-state index in [0.29, 0.717) is 42.8 Å². The number of hydrogen-bond acceptors (Lipinski definition) is 7. The first-order valence-electron chi connectivity index (χ1n) is 10.1. The van der Waals surface area contributed by atoms with Crippen molar-refractivity contribution in [3.05, 3.63) is 57.0 Å².